The van der Waals surface area contributed by atoms with Gasteiger partial charge in [0.15, 0.2) is 0 Å². The van der Waals surface area contributed by atoms with E-state index in [-0.39, 0.29) is 12.2 Å². The van der Waals surface area contributed by atoms with Crippen molar-refractivity contribution in [3.05, 3.63) is 137 Å². The monoisotopic (exact) mass is 709 g/mol. The van der Waals surface area contributed by atoms with E-state index in [0.29, 0.717) is 17.8 Å². The first-order valence-electron chi connectivity index (χ1n) is 19.8. The highest BCUT2D eigenvalue weighted by Gasteiger charge is 2.32. The molecule has 4 aliphatic rings. The van der Waals surface area contributed by atoms with E-state index in [2.05, 4.69) is 158 Å². The molecule has 0 amide bonds. The van der Waals surface area contributed by atoms with Gasteiger partial charge in [-0.15, -0.1) is 11.3 Å². The molecule has 10 rings (SSSR count). The number of hydrogen-bond donors (Lipinski definition) is 0. The SMILES string of the molecule is CC1C=c2c(n(C3N=C(C4C=CC(C5CCCCC5)=CC4C)C=C(c4ccc5c(c4)sc4ccccc45)N3C)c3cc(-c4ccccc4)ccc23)=CC1. The molecule has 4 aromatic carbocycles. The predicted molar refractivity (Wildman–Crippen MR) is 227 cm³/mol. The van der Waals surface area contributed by atoms with E-state index >= 15 is 0 Å². The van der Waals surface area contributed by atoms with Gasteiger partial charge in [-0.2, -0.15) is 0 Å². The van der Waals surface area contributed by atoms with Crippen LogP contribution >= 0.6 is 11.3 Å². The lowest BCUT2D eigenvalue weighted by atomic mass is 9.76. The smallest absolute Gasteiger partial charge is 0.203 e. The normalized spacial score (nSPS) is 23.4. The third-order valence-corrected chi connectivity index (χ3v) is 13.6. The molecule has 4 unspecified atom stereocenters. The number of benzene rings is 4. The minimum Gasteiger partial charge on any atom is -0.335 e. The topological polar surface area (TPSA) is 20.5 Å². The second-order valence-electron chi connectivity index (χ2n) is 15.9. The van der Waals surface area contributed by atoms with Gasteiger partial charge >= 0.3 is 0 Å². The van der Waals surface area contributed by atoms with Crippen molar-refractivity contribution < 1.29 is 0 Å². The van der Waals surface area contributed by atoms with Crippen LogP contribution in [0.3, 0.4) is 0 Å². The van der Waals surface area contributed by atoms with Crippen LogP contribution in [-0.4, -0.2) is 22.2 Å². The van der Waals surface area contributed by atoms with E-state index in [1.54, 1.807) is 5.57 Å². The zero-order chi connectivity index (χ0) is 35.6. The van der Waals surface area contributed by atoms with Crippen molar-refractivity contribution in [1.29, 1.82) is 0 Å². The van der Waals surface area contributed by atoms with Crippen LogP contribution in [-0.2, 0) is 0 Å². The number of rotatable bonds is 5. The molecule has 3 heterocycles. The van der Waals surface area contributed by atoms with Crippen molar-refractivity contribution in [3.8, 4) is 11.1 Å². The Morgan fingerprint density at radius 1 is 0.736 bits per heavy atom. The summed E-state index contributed by atoms with van der Waals surface area (Å²) in [5.41, 5.74) is 8.91. The van der Waals surface area contributed by atoms with E-state index < -0.39 is 0 Å². The van der Waals surface area contributed by atoms with Gasteiger partial charge in [0.25, 0.3) is 0 Å². The van der Waals surface area contributed by atoms with Gasteiger partial charge in [0.1, 0.15) is 0 Å². The Kier molecular flexibility index (Phi) is 8.13. The molecule has 1 fully saturated rings. The largest absolute Gasteiger partial charge is 0.335 e. The van der Waals surface area contributed by atoms with Crippen LogP contribution < -0.4 is 10.6 Å². The fourth-order valence-corrected chi connectivity index (χ4v) is 10.7. The molecule has 264 valence electrons. The number of hydrogen-bond acceptors (Lipinski definition) is 3. The van der Waals surface area contributed by atoms with Crippen LogP contribution in [0, 0.1) is 23.7 Å². The fraction of sp³-hybridized carbons (Fsp3) is 0.286. The molecule has 4 atom stereocenters. The lowest BCUT2D eigenvalue weighted by Gasteiger charge is -2.37. The van der Waals surface area contributed by atoms with Crippen molar-refractivity contribution in [2.75, 3.05) is 7.05 Å². The Labute approximate surface area is 316 Å². The number of aromatic nitrogens is 1. The van der Waals surface area contributed by atoms with Crippen LogP contribution in [0.2, 0.25) is 0 Å². The average Bonchev–Trinajstić information content (AvgIpc) is 3.73. The first-order chi connectivity index (χ1) is 26.0. The third-order valence-electron chi connectivity index (χ3n) is 12.4. The Bertz CT molecular complexity index is 2640. The fourth-order valence-electron chi connectivity index (χ4n) is 9.59. The molecule has 6 aromatic rings. The van der Waals surface area contributed by atoms with Gasteiger partial charge in [0.05, 0.1) is 5.52 Å². The van der Waals surface area contributed by atoms with E-state index in [1.165, 1.54) is 102 Å². The quantitative estimate of drug-likeness (QED) is 0.175. The Hall–Kier alpha value is -4.93. The molecule has 2 aromatic heterocycles. The molecule has 1 aliphatic heterocycles. The zero-order valence-corrected chi connectivity index (χ0v) is 31.8. The molecule has 0 bridgehead atoms. The van der Waals surface area contributed by atoms with Crippen LogP contribution in [0.15, 0.2) is 126 Å². The molecular formula is C49H47N3S. The first-order valence-corrected chi connectivity index (χ1v) is 20.6. The molecule has 0 spiro atoms. The number of aliphatic imine (C=N–C) groups is 1. The molecular weight excluding hydrogens is 663 g/mol. The van der Waals surface area contributed by atoms with Crippen molar-refractivity contribution in [1.82, 2.24) is 9.47 Å². The van der Waals surface area contributed by atoms with Crippen LogP contribution in [0.1, 0.15) is 64.2 Å². The van der Waals surface area contributed by atoms with Crippen molar-refractivity contribution in [2.45, 2.75) is 58.7 Å². The maximum atomic E-state index is 5.79. The molecule has 4 heteroatoms. The zero-order valence-electron chi connectivity index (χ0n) is 31.0. The lowest BCUT2D eigenvalue weighted by molar-refractivity contribution is 0.269. The molecule has 53 heavy (non-hydrogen) atoms. The summed E-state index contributed by atoms with van der Waals surface area (Å²) in [6, 6.07) is 33.7. The van der Waals surface area contributed by atoms with Gasteiger partial charge in [-0.05, 0) is 83.6 Å². The van der Waals surface area contributed by atoms with Crippen LogP contribution in [0.5, 0.6) is 0 Å². The average molecular weight is 710 g/mol. The second-order valence-corrected chi connectivity index (χ2v) is 17.0. The van der Waals surface area contributed by atoms with E-state index in [9.17, 15) is 0 Å². The molecule has 3 nitrogen and oxygen atoms in total. The van der Waals surface area contributed by atoms with E-state index in [0.717, 1.165) is 6.42 Å². The highest BCUT2D eigenvalue weighted by atomic mass is 32.1. The van der Waals surface area contributed by atoms with Crippen LogP contribution in [0.4, 0.5) is 0 Å². The summed E-state index contributed by atoms with van der Waals surface area (Å²) in [6.45, 7) is 4.74. The maximum absolute atomic E-state index is 5.79. The minimum absolute atomic E-state index is 0.217. The van der Waals surface area contributed by atoms with Gasteiger partial charge in [-0.25, -0.2) is 4.99 Å². The summed E-state index contributed by atoms with van der Waals surface area (Å²) in [4.78, 5) is 8.22. The molecule has 1 saturated carbocycles. The van der Waals surface area contributed by atoms with Gasteiger partial charge in [-0.1, -0.05) is 136 Å². The standard InChI is InChI=1S/C49H47N3S/c1-31-18-25-44-42(26-31)39-23-20-36(34-14-8-5-9-15-34)28-46(39)52(44)49-50-43(38-22-19-35(27-32(38)2)33-12-6-4-7-13-33)30-45(51(49)3)37-21-24-41-40-16-10-11-17-47(40)53-48(41)29-37/h5,8-11,14-17,19-33,38,49H,4,6-7,12-13,18H2,1-3H3. The minimum atomic E-state index is -0.234. The van der Waals surface area contributed by atoms with Crippen LogP contribution in [0.25, 0.3) is 60.1 Å². The van der Waals surface area contributed by atoms with E-state index in [4.69, 9.17) is 4.99 Å². The van der Waals surface area contributed by atoms with Gasteiger partial charge in [0.2, 0.25) is 6.29 Å². The summed E-state index contributed by atoms with van der Waals surface area (Å²) in [7, 11) is 2.25. The summed E-state index contributed by atoms with van der Waals surface area (Å²) < 4.78 is 5.22. The van der Waals surface area contributed by atoms with Crippen molar-refractivity contribution in [2.24, 2.45) is 28.7 Å². The number of nitrogens with zero attached hydrogens (tertiary/aromatic N) is 3. The summed E-state index contributed by atoms with van der Waals surface area (Å²) in [5, 5.41) is 6.61. The lowest BCUT2D eigenvalue weighted by Crippen LogP contribution is -2.41. The second kappa shape index (κ2) is 13.2. The van der Waals surface area contributed by atoms with Gasteiger partial charge < -0.3 is 9.47 Å². The molecule has 0 saturated heterocycles. The number of allylic oxidation sites excluding steroid dienone is 5. The first kappa shape index (κ1) is 32.7. The summed E-state index contributed by atoms with van der Waals surface area (Å²) in [5.74, 6) is 1.80. The Balaban J connectivity index is 1.15. The highest BCUT2D eigenvalue weighted by molar-refractivity contribution is 7.25. The number of fused-ring (bicyclic) bond motifs is 6. The van der Waals surface area contributed by atoms with E-state index in [1.807, 2.05) is 11.3 Å². The Morgan fingerprint density at radius 2 is 1.51 bits per heavy atom. The molecule has 3 aliphatic carbocycles. The van der Waals surface area contributed by atoms with Gasteiger partial charge in [-0.3, -0.25) is 0 Å². The van der Waals surface area contributed by atoms with Crippen molar-refractivity contribution >= 4 is 66.0 Å². The molecule has 0 N–H and O–H groups in total. The highest BCUT2D eigenvalue weighted by Crippen LogP contribution is 2.41. The summed E-state index contributed by atoms with van der Waals surface area (Å²) >= 11 is 1.89. The maximum Gasteiger partial charge on any atom is 0.203 e. The van der Waals surface area contributed by atoms with Crippen molar-refractivity contribution in [3.63, 3.8) is 0 Å². The van der Waals surface area contributed by atoms with Gasteiger partial charge in [0, 0.05) is 60.5 Å². The predicted octanol–water partition coefficient (Wildman–Crippen LogP) is 11.5. The molecule has 0 radical (unpaired) electrons. The summed E-state index contributed by atoms with van der Waals surface area (Å²) in [6.07, 6.45) is 22.4. The number of thiophene rings is 1. The third kappa shape index (κ3) is 5.65. The Morgan fingerprint density at radius 3 is 2.36 bits per heavy atom.